The van der Waals surface area contributed by atoms with Gasteiger partial charge in [0, 0.05) is 0 Å². The van der Waals surface area contributed by atoms with Crippen LogP contribution in [-0.2, 0) is 0 Å². The molecule has 7 rings (SSSR count). The highest BCUT2D eigenvalue weighted by atomic mass is 14.1. The van der Waals surface area contributed by atoms with Crippen LogP contribution < -0.4 is 0 Å². The van der Waals surface area contributed by atoms with Gasteiger partial charge in [-0.3, -0.25) is 0 Å². The van der Waals surface area contributed by atoms with Gasteiger partial charge in [0.15, 0.2) is 0 Å². The molecule has 0 atom stereocenters. The molecule has 0 heterocycles. The zero-order chi connectivity index (χ0) is 27.7. The van der Waals surface area contributed by atoms with Crippen LogP contribution in [0.15, 0.2) is 159 Å². The lowest BCUT2D eigenvalue weighted by Gasteiger charge is -2.07. The second-order valence-electron chi connectivity index (χ2n) is 9.52. The minimum Gasteiger partial charge on any atom is -0.0985 e. The van der Waals surface area contributed by atoms with Gasteiger partial charge in [-0.05, 0) is 71.9 Å². The lowest BCUT2D eigenvalue weighted by molar-refractivity contribution is 1.71. The molecule has 0 heteroatoms. The first-order valence-corrected chi connectivity index (χ1v) is 13.5. The molecule has 0 fully saturated rings. The molecular weight excluding hydrogens is 480 g/mol. The largest absolute Gasteiger partial charge is 0.0985 e. The summed E-state index contributed by atoms with van der Waals surface area (Å²) in [4.78, 5) is 0. The molecule has 192 valence electrons. The molecule has 0 N–H and O–H groups in total. The van der Waals surface area contributed by atoms with Crippen LogP contribution in [0, 0.1) is 0 Å². The highest BCUT2D eigenvalue weighted by molar-refractivity contribution is 6.06. The van der Waals surface area contributed by atoms with E-state index in [0.29, 0.717) is 0 Å². The van der Waals surface area contributed by atoms with Gasteiger partial charge in [-0.2, -0.15) is 0 Å². The Kier molecular flexibility index (Phi) is 8.29. The van der Waals surface area contributed by atoms with Crippen LogP contribution in [0.25, 0.3) is 61.3 Å². The van der Waals surface area contributed by atoms with Gasteiger partial charge in [0.05, 0.1) is 0 Å². The highest BCUT2D eigenvalue weighted by Crippen LogP contribution is 2.29. The van der Waals surface area contributed by atoms with E-state index in [1.807, 2.05) is 18.2 Å². The minimum absolute atomic E-state index is 1.17. The predicted octanol–water partition coefficient (Wildman–Crippen LogP) is 11.6. The first-order chi connectivity index (χ1) is 19.7. The van der Waals surface area contributed by atoms with Crippen LogP contribution in [0.2, 0.25) is 0 Å². The molecule has 0 aliphatic rings. The molecule has 0 aliphatic heterocycles. The van der Waals surface area contributed by atoms with Crippen LogP contribution in [0.5, 0.6) is 0 Å². The van der Waals surface area contributed by atoms with E-state index in [-0.39, 0.29) is 0 Å². The van der Waals surface area contributed by atoms with Crippen molar-refractivity contribution < 1.29 is 0 Å². The Morgan fingerprint density at radius 2 is 0.875 bits per heavy atom. The smallest absolute Gasteiger partial charge is 0.0105 e. The second-order valence-corrected chi connectivity index (χ2v) is 9.52. The number of hydrogen-bond acceptors (Lipinski definition) is 0. The summed E-state index contributed by atoms with van der Waals surface area (Å²) in [6, 6.07) is 48.4. The fourth-order valence-electron chi connectivity index (χ4n) is 5.03. The normalized spacial score (nSPS) is 10.3. The molecule has 0 bridgehead atoms. The SMILES string of the molecule is C=Cc1c2ccccc2cc2ccccc12.C=Cc1ccc2ccccc2c1.C=Cc1cccc2ccccc12. The van der Waals surface area contributed by atoms with Crippen LogP contribution in [-0.4, -0.2) is 0 Å². The van der Waals surface area contributed by atoms with Crippen molar-refractivity contribution in [2.24, 2.45) is 0 Å². The quantitative estimate of drug-likeness (QED) is 0.207. The molecule has 0 spiro atoms. The van der Waals surface area contributed by atoms with Gasteiger partial charge in [0.25, 0.3) is 0 Å². The zero-order valence-corrected chi connectivity index (χ0v) is 22.6. The summed E-state index contributed by atoms with van der Waals surface area (Å²) in [6.45, 7) is 11.4. The Morgan fingerprint density at radius 1 is 0.350 bits per heavy atom. The monoisotopic (exact) mass is 512 g/mol. The first kappa shape index (κ1) is 26.4. The zero-order valence-electron chi connectivity index (χ0n) is 22.6. The van der Waals surface area contributed by atoms with E-state index in [4.69, 9.17) is 0 Å². The van der Waals surface area contributed by atoms with Gasteiger partial charge >= 0.3 is 0 Å². The van der Waals surface area contributed by atoms with Gasteiger partial charge in [-0.15, -0.1) is 0 Å². The Balaban J connectivity index is 0.000000123. The van der Waals surface area contributed by atoms with Crippen molar-refractivity contribution in [2.45, 2.75) is 0 Å². The Hall–Kier alpha value is -5.20. The summed E-state index contributed by atoms with van der Waals surface area (Å²) in [6.07, 6.45) is 5.71. The lowest BCUT2D eigenvalue weighted by Crippen LogP contribution is -1.82. The van der Waals surface area contributed by atoms with E-state index in [2.05, 4.69) is 159 Å². The molecule has 7 aromatic rings. The molecule has 0 nitrogen and oxygen atoms in total. The molecular formula is C40H32. The van der Waals surface area contributed by atoms with Gasteiger partial charge < -0.3 is 0 Å². The molecule has 0 saturated carbocycles. The summed E-state index contributed by atoms with van der Waals surface area (Å²) in [5.74, 6) is 0. The van der Waals surface area contributed by atoms with Gasteiger partial charge in [0.1, 0.15) is 0 Å². The van der Waals surface area contributed by atoms with E-state index in [1.54, 1.807) is 0 Å². The summed E-state index contributed by atoms with van der Waals surface area (Å²) < 4.78 is 0. The number of rotatable bonds is 3. The fourth-order valence-corrected chi connectivity index (χ4v) is 5.03. The average Bonchev–Trinajstić information content (AvgIpc) is 3.03. The Labute approximate surface area is 236 Å². The van der Waals surface area contributed by atoms with Crippen molar-refractivity contribution in [3.63, 3.8) is 0 Å². The average molecular weight is 513 g/mol. The first-order valence-electron chi connectivity index (χ1n) is 13.5. The number of fused-ring (bicyclic) bond motifs is 4. The lowest BCUT2D eigenvalue weighted by atomic mass is 9.97. The summed E-state index contributed by atoms with van der Waals surface area (Å²) in [5, 5.41) is 10.2. The third-order valence-electron chi connectivity index (χ3n) is 7.07. The van der Waals surface area contributed by atoms with Crippen LogP contribution in [0.1, 0.15) is 16.7 Å². The van der Waals surface area contributed by atoms with Gasteiger partial charge in [0.2, 0.25) is 0 Å². The van der Waals surface area contributed by atoms with Gasteiger partial charge in [-0.25, -0.2) is 0 Å². The van der Waals surface area contributed by atoms with E-state index < -0.39 is 0 Å². The molecule has 40 heavy (non-hydrogen) atoms. The highest BCUT2D eigenvalue weighted by Gasteiger charge is 2.03. The van der Waals surface area contributed by atoms with Crippen molar-refractivity contribution >= 4 is 61.3 Å². The van der Waals surface area contributed by atoms with Crippen molar-refractivity contribution in [2.75, 3.05) is 0 Å². The Morgan fingerprint density at radius 3 is 1.48 bits per heavy atom. The van der Waals surface area contributed by atoms with Crippen LogP contribution >= 0.6 is 0 Å². The molecule has 0 aliphatic carbocycles. The molecule has 0 radical (unpaired) electrons. The summed E-state index contributed by atoms with van der Waals surface area (Å²) in [5.41, 5.74) is 3.61. The second kappa shape index (κ2) is 12.6. The van der Waals surface area contributed by atoms with Crippen molar-refractivity contribution in [3.8, 4) is 0 Å². The minimum atomic E-state index is 1.17. The molecule has 0 saturated heterocycles. The maximum absolute atomic E-state index is 3.93. The summed E-state index contributed by atoms with van der Waals surface area (Å²) in [7, 11) is 0. The fraction of sp³-hybridized carbons (Fsp3) is 0. The maximum atomic E-state index is 3.93. The topological polar surface area (TPSA) is 0 Å². The summed E-state index contributed by atoms with van der Waals surface area (Å²) >= 11 is 0. The third kappa shape index (κ3) is 5.77. The molecule has 7 aromatic carbocycles. The van der Waals surface area contributed by atoms with E-state index in [9.17, 15) is 0 Å². The van der Waals surface area contributed by atoms with E-state index in [0.717, 1.165) is 0 Å². The van der Waals surface area contributed by atoms with Crippen molar-refractivity contribution in [1.82, 2.24) is 0 Å². The third-order valence-corrected chi connectivity index (χ3v) is 7.07. The van der Waals surface area contributed by atoms with E-state index >= 15 is 0 Å². The van der Waals surface area contributed by atoms with Gasteiger partial charge in [-0.1, -0.05) is 165 Å². The Bertz CT molecular complexity index is 1890. The maximum Gasteiger partial charge on any atom is -0.0105 e. The molecule has 0 aromatic heterocycles. The molecule has 0 amide bonds. The number of benzene rings is 7. The molecule has 0 unspecified atom stereocenters. The standard InChI is InChI=1S/C16H12.2C12H10/c1-2-14-15-9-5-3-7-12(15)11-13-8-4-6-10-16(13)14;1-2-10-7-5-8-11-6-3-4-9-12(10)11;1-2-10-7-8-11-5-3-4-6-12(11)9-10/h2-11H,1H2;2*2-9H,1H2. The van der Waals surface area contributed by atoms with Crippen molar-refractivity contribution in [3.05, 3.63) is 176 Å². The van der Waals surface area contributed by atoms with Crippen LogP contribution in [0.3, 0.4) is 0 Å². The number of hydrogen-bond donors (Lipinski definition) is 0. The predicted molar refractivity (Wildman–Crippen MR) is 180 cm³/mol. The van der Waals surface area contributed by atoms with E-state index in [1.165, 1.54) is 59.8 Å². The van der Waals surface area contributed by atoms with Crippen molar-refractivity contribution in [1.29, 1.82) is 0 Å². The van der Waals surface area contributed by atoms with Crippen LogP contribution in [0.4, 0.5) is 0 Å².